The molecule has 0 spiro atoms. The maximum absolute atomic E-state index is 11.9. The predicted octanol–water partition coefficient (Wildman–Crippen LogP) is 5.31. The van der Waals surface area contributed by atoms with Gasteiger partial charge < -0.3 is 9.84 Å². The van der Waals surface area contributed by atoms with Crippen LogP contribution in [0.25, 0.3) is 0 Å². The Hall–Kier alpha value is -1.81. The van der Waals surface area contributed by atoms with Crippen LogP contribution in [-0.4, -0.2) is 11.1 Å². The van der Waals surface area contributed by atoms with Gasteiger partial charge in [-0.05, 0) is 52.0 Å². The zero-order chi connectivity index (χ0) is 17.0. The van der Waals surface area contributed by atoms with E-state index in [1.165, 1.54) is 0 Å². The molecule has 2 aromatic carbocycles. The van der Waals surface area contributed by atoms with Crippen molar-refractivity contribution in [3.05, 3.63) is 64.1 Å². The maximum atomic E-state index is 11.9. The van der Waals surface area contributed by atoms with Gasteiger partial charge in [-0.15, -0.1) is 0 Å². The Balaban J connectivity index is 1.80. The van der Waals surface area contributed by atoms with Crippen LogP contribution in [-0.2, 0) is 16.8 Å². The lowest BCUT2D eigenvalue weighted by atomic mass is 9.69. The fourth-order valence-corrected chi connectivity index (χ4v) is 3.93. The van der Waals surface area contributed by atoms with Gasteiger partial charge in [0.25, 0.3) is 0 Å². The molecule has 0 saturated heterocycles. The van der Waals surface area contributed by atoms with Crippen LogP contribution in [0.1, 0.15) is 43.2 Å². The highest BCUT2D eigenvalue weighted by Crippen LogP contribution is 2.42. The van der Waals surface area contributed by atoms with Crippen LogP contribution >= 0.6 is 15.9 Å². The van der Waals surface area contributed by atoms with E-state index in [0.717, 1.165) is 40.6 Å². The van der Waals surface area contributed by atoms with Crippen molar-refractivity contribution < 1.29 is 14.6 Å². The van der Waals surface area contributed by atoms with E-state index in [1.807, 2.05) is 48.5 Å². The lowest BCUT2D eigenvalue weighted by Crippen LogP contribution is -2.37. The smallest absolute Gasteiger partial charge is 0.314 e. The van der Waals surface area contributed by atoms with Crippen molar-refractivity contribution in [3.8, 4) is 5.75 Å². The van der Waals surface area contributed by atoms with Crippen molar-refractivity contribution in [2.24, 2.45) is 0 Å². The minimum Gasteiger partial charge on any atom is -0.488 e. The van der Waals surface area contributed by atoms with E-state index in [4.69, 9.17) is 4.74 Å². The van der Waals surface area contributed by atoms with Crippen molar-refractivity contribution in [2.75, 3.05) is 0 Å². The highest BCUT2D eigenvalue weighted by atomic mass is 79.9. The van der Waals surface area contributed by atoms with E-state index < -0.39 is 11.4 Å². The Labute approximate surface area is 150 Å². The summed E-state index contributed by atoms with van der Waals surface area (Å²) in [4.78, 5) is 11.9. The van der Waals surface area contributed by atoms with Crippen LogP contribution < -0.4 is 4.74 Å². The van der Waals surface area contributed by atoms with Crippen LogP contribution in [0.2, 0.25) is 0 Å². The SMILES string of the molecule is O=C(O)C1(c2ccc(OCc3ccccc3)c(Br)c2)CCCCC1. The summed E-state index contributed by atoms with van der Waals surface area (Å²) in [6.45, 7) is 0.489. The first-order valence-electron chi connectivity index (χ1n) is 8.32. The molecule has 1 saturated carbocycles. The van der Waals surface area contributed by atoms with Crippen LogP contribution in [0.15, 0.2) is 53.0 Å². The summed E-state index contributed by atoms with van der Waals surface area (Å²) < 4.78 is 6.67. The number of benzene rings is 2. The molecule has 24 heavy (non-hydrogen) atoms. The Morgan fingerprint density at radius 3 is 2.42 bits per heavy atom. The van der Waals surface area contributed by atoms with E-state index in [-0.39, 0.29) is 0 Å². The number of carbonyl (C=O) groups is 1. The second-order valence-electron chi connectivity index (χ2n) is 6.37. The van der Waals surface area contributed by atoms with Crippen molar-refractivity contribution in [2.45, 2.75) is 44.1 Å². The van der Waals surface area contributed by atoms with Gasteiger partial charge in [0, 0.05) is 0 Å². The van der Waals surface area contributed by atoms with E-state index in [2.05, 4.69) is 15.9 Å². The molecule has 1 aliphatic carbocycles. The lowest BCUT2D eigenvalue weighted by molar-refractivity contribution is -0.145. The summed E-state index contributed by atoms with van der Waals surface area (Å²) in [5.41, 5.74) is 1.22. The molecule has 1 N–H and O–H groups in total. The summed E-state index contributed by atoms with van der Waals surface area (Å²) in [7, 11) is 0. The largest absolute Gasteiger partial charge is 0.488 e. The molecular formula is C20H21BrO3. The number of hydrogen-bond donors (Lipinski definition) is 1. The minimum absolute atomic E-state index is 0.489. The van der Waals surface area contributed by atoms with Crippen LogP contribution in [0.5, 0.6) is 5.75 Å². The fraction of sp³-hybridized carbons (Fsp3) is 0.350. The Morgan fingerprint density at radius 1 is 1.08 bits per heavy atom. The van der Waals surface area contributed by atoms with Gasteiger partial charge in [0.15, 0.2) is 0 Å². The minimum atomic E-state index is -0.751. The first-order chi connectivity index (χ1) is 11.6. The molecule has 0 unspecified atom stereocenters. The van der Waals surface area contributed by atoms with Gasteiger partial charge in [-0.1, -0.05) is 55.7 Å². The molecule has 0 aliphatic heterocycles. The van der Waals surface area contributed by atoms with Gasteiger partial charge >= 0.3 is 5.97 Å². The number of hydrogen-bond acceptors (Lipinski definition) is 2. The number of carboxylic acid groups (broad SMARTS) is 1. The highest BCUT2D eigenvalue weighted by Gasteiger charge is 2.41. The van der Waals surface area contributed by atoms with E-state index in [1.54, 1.807) is 0 Å². The first-order valence-corrected chi connectivity index (χ1v) is 9.11. The molecule has 0 heterocycles. The number of halogens is 1. The molecule has 1 fully saturated rings. The molecule has 2 aromatic rings. The Bertz CT molecular complexity index is 706. The molecule has 0 amide bonds. The van der Waals surface area contributed by atoms with Crippen LogP contribution in [0.3, 0.4) is 0 Å². The molecule has 126 valence electrons. The first kappa shape index (κ1) is 17.0. The zero-order valence-corrected chi connectivity index (χ0v) is 15.1. The standard InChI is InChI=1S/C20H21BrO3/c21-17-13-16(20(19(22)23)11-5-2-6-12-20)9-10-18(17)24-14-15-7-3-1-4-8-15/h1,3-4,7-10,13H,2,5-6,11-12,14H2,(H,22,23). The molecule has 3 rings (SSSR count). The third-order valence-electron chi connectivity index (χ3n) is 4.84. The third kappa shape index (κ3) is 3.48. The van der Waals surface area contributed by atoms with Gasteiger partial charge in [-0.25, -0.2) is 0 Å². The van der Waals surface area contributed by atoms with Crippen molar-refractivity contribution in [1.29, 1.82) is 0 Å². The van der Waals surface area contributed by atoms with Crippen molar-refractivity contribution in [3.63, 3.8) is 0 Å². The molecule has 1 aliphatic rings. The van der Waals surface area contributed by atoms with Gasteiger partial charge in [0.1, 0.15) is 12.4 Å². The van der Waals surface area contributed by atoms with Gasteiger partial charge in [-0.2, -0.15) is 0 Å². The highest BCUT2D eigenvalue weighted by molar-refractivity contribution is 9.10. The average molecular weight is 389 g/mol. The van der Waals surface area contributed by atoms with E-state index in [9.17, 15) is 9.90 Å². The fourth-order valence-electron chi connectivity index (χ4n) is 3.43. The van der Waals surface area contributed by atoms with Crippen molar-refractivity contribution in [1.82, 2.24) is 0 Å². The summed E-state index contributed by atoms with van der Waals surface area (Å²) >= 11 is 3.54. The number of aliphatic carboxylic acids is 1. The third-order valence-corrected chi connectivity index (χ3v) is 5.46. The quantitative estimate of drug-likeness (QED) is 0.754. The molecule has 0 radical (unpaired) electrons. The second kappa shape index (κ2) is 7.39. The molecule has 4 heteroatoms. The van der Waals surface area contributed by atoms with E-state index >= 15 is 0 Å². The lowest BCUT2D eigenvalue weighted by Gasteiger charge is -2.34. The monoisotopic (exact) mass is 388 g/mol. The number of carboxylic acids is 1. The predicted molar refractivity (Wildman–Crippen MR) is 97.3 cm³/mol. The normalized spacial score (nSPS) is 16.5. The number of rotatable bonds is 5. The van der Waals surface area contributed by atoms with Gasteiger partial charge in [-0.3, -0.25) is 4.79 Å². The average Bonchev–Trinajstić information content (AvgIpc) is 2.62. The molecule has 3 nitrogen and oxygen atoms in total. The van der Waals surface area contributed by atoms with Gasteiger partial charge in [0.2, 0.25) is 0 Å². The zero-order valence-electron chi connectivity index (χ0n) is 13.5. The Kier molecular flexibility index (Phi) is 5.24. The second-order valence-corrected chi connectivity index (χ2v) is 7.22. The molecular weight excluding hydrogens is 368 g/mol. The summed E-state index contributed by atoms with van der Waals surface area (Å²) in [6.07, 6.45) is 4.47. The van der Waals surface area contributed by atoms with Gasteiger partial charge in [0.05, 0.1) is 9.89 Å². The topological polar surface area (TPSA) is 46.5 Å². The molecule has 0 aromatic heterocycles. The summed E-state index contributed by atoms with van der Waals surface area (Å²) in [5, 5.41) is 9.81. The van der Waals surface area contributed by atoms with Crippen LogP contribution in [0.4, 0.5) is 0 Å². The van der Waals surface area contributed by atoms with Crippen LogP contribution in [0, 0.1) is 0 Å². The van der Waals surface area contributed by atoms with E-state index in [0.29, 0.717) is 19.4 Å². The molecule has 0 bridgehead atoms. The maximum Gasteiger partial charge on any atom is 0.314 e. The Morgan fingerprint density at radius 2 is 1.79 bits per heavy atom. The summed E-state index contributed by atoms with van der Waals surface area (Å²) in [6, 6.07) is 15.7. The summed E-state index contributed by atoms with van der Waals surface area (Å²) in [5.74, 6) is 0.0194. The van der Waals surface area contributed by atoms with Crippen molar-refractivity contribution >= 4 is 21.9 Å². The molecule has 0 atom stereocenters. The number of ether oxygens (including phenoxy) is 1.